The van der Waals surface area contributed by atoms with E-state index in [1.807, 2.05) is 24.0 Å². The van der Waals surface area contributed by atoms with E-state index in [2.05, 4.69) is 27.9 Å². The zero-order valence-corrected chi connectivity index (χ0v) is 14.8. The molecule has 0 radical (unpaired) electrons. The van der Waals surface area contributed by atoms with Crippen LogP contribution in [0.3, 0.4) is 0 Å². The fourth-order valence-electron chi connectivity index (χ4n) is 3.33. The van der Waals surface area contributed by atoms with Crippen molar-refractivity contribution in [2.24, 2.45) is 0 Å². The maximum atomic E-state index is 11.8. The fraction of sp³-hybridized carbons (Fsp3) is 0.500. The summed E-state index contributed by atoms with van der Waals surface area (Å²) < 4.78 is 0. The van der Waals surface area contributed by atoms with Gasteiger partial charge in [-0.05, 0) is 50.4 Å². The minimum Gasteiger partial charge on any atom is -0.361 e. The van der Waals surface area contributed by atoms with E-state index in [1.165, 1.54) is 10.9 Å². The van der Waals surface area contributed by atoms with E-state index >= 15 is 0 Å². The number of nitrogens with zero attached hydrogens (tertiary/aromatic N) is 1. The lowest BCUT2D eigenvalue weighted by Crippen LogP contribution is -2.48. The van der Waals surface area contributed by atoms with E-state index in [4.69, 9.17) is 11.6 Å². The molecule has 3 rings (SSSR count). The maximum Gasteiger partial charge on any atom is 0.317 e. The van der Waals surface area contributed by atoms with Gasteiger partial charge < -0.3 is 20.5 Å². The Morgan fingerprint density at radius 2 is 2.17 bits per heavy atom. The van der Waals surface area contributed by atoms with Crippen molar-refractivity contribution in [3.8, 4) is 0 Å². The largest absolute Gasteiger partial charge is 0.361 e. The third-order valence-corrected chi connectivity index (χ3v) is 4.90. The van der Waals surface area contributed by atoms with Gasteiger partial charge in [0.25, 0.3) is 0 Å². The molecule has 0 atom stereocenters. The molecule has 0 aliphatic carbocycles. The Balaban J connectivity index is 1.45. The molecule has 2 heterocycles. The van der Waals surface area contributed by atoms with Crippen LogP contribution < -0.4 is 10.6 Å². The standard InChI is InChI=1S/C18H25ClN4O/c1-2-20-18(24)23-9-6-15(7-10-23)21-8-5-13-12-22-17-11-14(19)3-4-16(13)17/h3-4,11-12,15,21-22H,2,5-10H2,1H3,(H,20,24). The SMILES string of the molecule is CCNC(=O)N1CCC(NCCc2c[nH]c3cc(Cl)ccc23)CC1. The Morgan fingerprint density at radius 1 is 1.38 bits per heavy atom. The number of halogens is 1. The lowest BCUT2D eigenvalue weighted by atomic mass is 10.0. The summed E-state index contributed by atoms with van der Waals surface area (Å²) in [7, 11) is 0. The second kappa shape index (κ2) is 7.90. The van der Waals surface area contributed by atoms with Crippen molar-refractivity contribution >= 4 is 28.5 Å². The van der Waals surface area contributed by atoms with E-state index < -0.39 is 0 Å². The topological polar surface area (TPSA) is 60.2 Å². The average molecular weight is 349 g/mol. The van der Waals surface area contributed by atoms with Crippen LogP contribution in [0.25, 0.3) is 10.9 Å². The molecule has 6 heteroatoms. The second-order valence-electron chi connectivity index (χ2n) is 6.30. The highest BCUT2D eigenvalue weighted by Gasteiger charge is 2.21. The van der Waals surface area contributed by atoms with Gasteiger partial charge in [-0.25, -0.2) is 4.79 Å². The number of hydrogen-bond donors (Lipinski definition) is 3. The van der Waals surface area contributed by atoms with Crippen LogP contribution in [0, 0.1) is 0 Å². The molecule has 5 nitrogen and oxygen atoms in total. The average Bonchev–Trinajstić information content (AvgIpc) is 2.98. The monoisotopic (exact) mass is 348 g/mol. The number of fused-ring (bicyclic) bond motifs is 1. The van der Waals surface area contributed by atoms with Crippen LogP contribution in [0.15, 0.2) is 24.4 Å². The lowest BCUT2D eigenvalue weighted by Gasteiger charge is -2.32. The normalized spacial score (nSPS) is 15.8. The van der Waals surface area contributed by atoms with Gasteiger partial charge in [0, 0.05) is 47.8 Å². The predicted molar refractivity (Wildman–Crippen MR) is 98.7 cm³/mol. The van der Waals surface area contributed by atoms with Gasteiger partial charge >= 0.3 is 6.03 Å². The molecule has 0 bridgehead atoms. The molecule has 0 saturated carbocycles. The number of benzene rings is 1. The molecule has 1 fully saturated rings. The Morgan fingerprint density at radius 3 is 2.92 bits per heavy atom. The molecule has 2 amide bonds. The molecular formula is C18H25ClN4O. The number of carbonyl (C=O) groups is 1. The number of aromatic nitrogens is 1. The van der Waals surface area contributed by atoms with Crippen molar-refractivity contribution in [2.45, 2.75) is 32.2 Å². The van der Waals surface area contributed by atoms with E-state index in [9.17, 15) is 4.79 Å². The number of H-pyrrole nitrogens is 1. The number of nitrogens with one attached hydrogen (secondary N) is 3. The van der Waals surface area contributed by atoms with Crippen molar-refractivity contribution in [1.29, 1.82) is 0 Å². The van der Waals surface area contributed by atoms with Crippen LogP contribution in [-0.4, -0.2) is 48.1 Å². The quantitative estimate of drug-likeness (QED) is 0.777. The predicted octanol–water partition coefficient (Wildman–Crippen LogP) is 3.15. The summed E-state index contributed by atoms with van der Waals surface area (Å²) in [5.41, 5.74) is 2.40. The minimum absolute atomic E-state index is 0.0633. The summed E-state index contributed by atoms with van der Waals surface area (Å²) in [4.78, 5) is 17.0. The summed E-state index contributed by atoms with van der Waals surface area (Å²) in [6.45, 7) is 5.24. The number of rotatable bonds is 5. The minimum atomic E-state index is 0.0633. The number of likely N-dealkylation sites (tertiary alicyclic amines) is 1. The van der Waals surface area contributed by atoms with E-state index in [0.29, 0.717) is 12.6 Å². The molecule has 3 N–H and O–H groups in total. The third kappa shape index (κ3) is 4.02. The highest BCUT2D eigenvalue weighted by atomic mass is 35.5. The van der Waals surface area contributed by atoms with Gasteiger partial charge in [0.05, 0.1) is 0 Å². The van der Waals surface area contributed by atoms with Gasteiger partial charge in [0.15, 0.2) is 0 Å². The summed E-state index contributed by atoms with van der Waals surface area (Å²) >= 11 is 6.02. The smallest absolute Gasteiger partial charge is 0.317 e. The molecule has 0 unspecified atom stereocenters. The summed E-state index contributed by atoms with van der Waals surface area (Å²) in [5, 5.41) is 8.50. The molecule has 1 saturated heterocycles. The van der Waals surface area contributed by atoms with Crippen LogP contribution in [0.2, 0.25) is 5.02 Å². The molecule has 1 aliphatic rings. The van der Waals surface area contributed by atoms with Crippen molar-refractivity contribution in [3.63, 3.8) is 0 Å². The molecule has 24 heavy (non-hydrogen) atoms. The van der Waals surface area contributed by atoms with E-state index in [-0.39, 0.29) is 6.03 Å². The number of urea groups is 1. The Labute approximate surface area is 147 Å². The number of amides is 2. The zero-order chi connectivity index (χ0) is 16.9. The number of aromatic amines is 1. The summed E-state index contributed by atoms with van der Waals surface area (Å²) in [6.07, 6.45) is 5.08. The van der Waals surface area contributed by atoms with Crippen LogP contribution in [-0.2, 0) is 6.42 Å². The fourth-order valence-corrected chi connectivity index (χ4v) is 3.50. The first kappa shape index (κ1) is 17.1. The molecule has 2 aromatic rings. The Kier molecular flexibility index (Phi) is 5.63. The molecule has 130 valence electrons. The molecule has 1 aliphatic heterocycles. The summed E-state index contributed by atoms with van der Waals surface area (Å²) in [5.74, 6) is 0. The van der Waals surface area contributed by atoms with Gasteiger partial charge in [-0.3, -0.25) is 0 Å². The van der Waals surface area contributed by atoms with E-state index in [0.717, 1.165) is 49.4 Å². The van der Waals surface area contributed by atoms with Gasteiger partial charge in [-0.15, -0.1) is 0 Å². The second-order valence-corrected chi connectivity index (χ2v) is 6.74. The number of piperidine rings is 1. The van der Waals surface area contributed by atoms with Gasteiger partial charge in [0.1, 0.15) is 0 Å². The van der Waals surface area contributed by atoms with Crippen LogP contribution >= 0.6 is 11.6 Å². The number of carbonyl (C=O) groups excluding carboxylic acids is 1. The lowest BCUT2D eigenvalue weighted by molar-refractivity contribution is 0.177. The highest BCUT2D eigenvalue weighted by Crippen LogP contribution is 2.22. The van der Waals surface area contributed by atoms with Crippen LogP contribution in [0.4, 0.5) is 4.79 Å². The first-order valence-electron chi connectivity index (χ1n) is 8.69. The molecule has 0 spiro atoms. The molecule has 1 aromatic carbocycles. The first-order chi connectivity index (χ1) is 11.7. The van der Waals surface area contributed by atoms with Crippen LogP contribution in [0.5, 0.6) is 0 Å². The third-order valence-electron chi connectivity index (χ3n) is 4.67. The summed E-state index contributed by atoms with van der Waals surface area (Å²) in [6, 6.07) is 6.54. The Bertz CT molecular complexity index is 691. The van der Waals surface area contributed by atoms with Gasteiger partial charge in [-0.2, -0.15) is 0 Å². The van der Waals surface area contributed by atoms with Crippen LogP contribution in [0.1, 0.15) is 25.3 Å². The van der Waals surface area contributed by atoms with E-state index in [1.54, 1.807) is 0 Å². The van der Waals surface area contributed by atoms with Crippen molar-refractivity contribution < 1.29 is 4.79 Å². The highest BCUT2D eigenvalue weighted by molar-refractivity contribution is 6.31. The maximum absolute atomic E-state index is 11.8. The Hall–Kier alpha value is -1.72. The molecule has 1 aromatic heterocycles. The molecular weight excluding hydrogens is 324 g/mol. The number of hydrogen-bond acceptors (Lipinski definition) is 2. The van der Waals surface area contributed by atoms with Gasteiger partial charge in [-0.1, -0.05) is 17.7 Å². The van der Waals surface area contributed by atoms with Crippen molar-refractivity contribution in [3.05, 3.63) is 35.0 Å². The van der Waals surface area contributed by atoms with Gasteiger partial charge in [0.2, 0.25) is 0 Å². The van der Waals surface area contributed by atoms with Crippen molar-refractivity contribution in [2.75, 3.05) is 26.2 Å². The first-order valence-corrected chi connectivity index (χ1v) is 9.07. The van der Waals surface area contributed by atoms with Crippen molar-refractivity contribution in [1.82, 2.24) is 20.5 Å². The zero-order valence-electron chi connectivity index (χ0n) is 14.1.